The molecule has 1 aliphatic rings. The lowest BCUT2D eigenvalue weighted by atomic mass is 9.97. The maximum absolute atomic E-state index is 12.6. The van der Waals surface area contributed by atoms with Crippen molar-refractivity contribution in [1.82, 2.24) is 9.80 Å². The van der Waals surface area contributed by atoms with Crippen LogP contribution in [0.1, 0.15) is 24.6 Å². The number of halogens is 1. The van der Waals surface area contributed by atoms with Gasteiger partial charge in [-0.05, 0) is 55.7 Å². The molecule has 2 heterocycles. The molecule has 2 aromatic rings. The molecular formula is C24H27ClN2O4S. The van der Waals surface area contributed by atoms with Crippen LogP contribution in [0.4, 0.5) is 0 Å². The highest BCUT2D eigenvalue weighted by molar-refractivity contribution is 7.16. The zero-order chi connectivity index (χ0) is 23.1. The van der Waals surface area contributed by atoms with Crippen LogP contribution in [-0.2, 0) is 19.1 Å². The van der Waals surface area contributed by atoms with E-state index in [1.807, 2.05) is 36.4 Å². The van der Waals surface area contributed by atoms with Crippen LogP contribution in [0.5, 0.6) is 0 Å². The number of hydrogen-bond acceptors (Lipinski definition) is 5. The number of carbonyl (C=O) groups excluding carboxylic acids is 3. The average molecular weight is 475 g/mol. The van der Waals surface area contributed by atoms with Gasteiger partial charge in [-0.25, -0.2) is 0 Å². The Morgan fingerprint density at radius 3 is 2.66 bits per heavy atom. The lowest BCUT2D eigenvalue weighted by Crippen LogP contribution is -2.45. The number of thiophene rings is 1. The van der Waals surface area contributed by atoms with E-state index in [1.54, 1.807) is 36.3 Å². The molecule has 6 nitrogen and oxygen atoms in total. The van der Waals surface area contributed by atoms with Crippen LogP contribution in [0.25, 0.3) is 16.5 Å². The van der Waals surface area contributed by atoms with E-state index in [9.17, 15) is 14.4 Å². The van der Waals surface area contributed by atoms with Gasteiger partial charge in [0.05, 0.1) is 19.1 Å². The highest BCUT2D eigenvalue weighted by Gasteiger charge is 2.28. The SMILES string of the molecule is CCOC(=O)C1CCN(C(=O)CN(C)C(=O)/C=C/c2ccc(-c3cccc(Cl)c3)s2)CC1. The second kappa shape index (κ2) is 11.3. The minimum Gasteiger partial charge on any atom is -0.466 e. The van der Waals surface area contributed by atoms with Gasteiger partial charge < -0.3 is 14.5 Å². The molecule has 0 aliphatic carbocycles. The summed E-state index contributed by atoms with van der Waals surface area (Å²) in [6.45, 7) is 3.16. The molecule has 0 radical (unpaired) electrons. The monoisotopic (exact) mass is 474 g/mol. The number of carbonyl (C=O) groups is 3. The van der Waals surface area contributed by atoms with Crippen molar-refractivity contribution in [3.8, 4) is 10.4 Å². The summed E-state index contributed by atoms with van der Waals surface area (Å²) >= 11 is 7.62. The average Bonchev–Trinajstić information content (AvgIpc) is 3.27. The minimum atomic E-state index is -0.238. The Hall–Kier alpha value is -2.64. The predicted molar refractivity (Wildman–Crippen MR) is 127 cm³/mol. The molecule has 1 fully saturated rings. The van der Waals surface area contributed by atoms with Crippen LogP contribution >= 0.6 is 22.9 Å². The van der Waals surface area contributed by atoms with Crippen LogP contribution in [-0.4, -0.2) is 60.9 Å². The van der Waals surface area contributed by atoms with Gasteiger partial charge in [-0.1, -0.05) is 23.7 Å². The number of rotatable bonds is 7. The van der Waals surface area contributed by atoms with E-state index in [4.69, 9.17) is 16.3 Å². The molecular weight excluding hydrogens is 448 g/mol. The summed E-state index contributed by atoms with van der Waals surface area (Å²) < 4.78 is 5.06. The molecule has 3 rings (SSSR count). The molecule has 1 aromatic heterocycles. The number of piperidine rings is 1. The van der Waals surface area contributed by atoms with E-state index in [-0.39, 0.29) is 30.2 Å². The Bertz CT molecular complexity index is 995. The van der Waals surface area contributed by atoms with Crippen molar-refractivity contribution in [2.24, 2.45) is 5.92 Å². The summed E-state index contributed by atoms with van der Waals surface area (Å²) in [5.41, 5.74) is 1.03. The standard InChI is InChI=1S/C24H27ClN2O4S/c1-3-31-24(30)17-11-13-27(14-12-17)23(29)16-26(2)22(28)10-8-20-7-9-21(32-20)18-5-4-6-19(25)15-18/h4-10,15,17H,3,11-14,16H2,1-2H3/b10-8+. The first kappa shape index (κ1) is 24.0. The van der Waals surface area contributed by atoms with E-state index in [0.29, 0.717) is 37.6 Å². The van der Waals surface area contributed by atoms with Crippen molar-refractivity contribution in [3.05, 3.63) is 52.4 Å². The van der Waals surface area contributed by atoms with Crippen LogP contribution in [0.3, 0.4) is 0 Å². The second-order valence-corrected chi connectivity index (χ2v) is 9.20. The first-order valence-corrected chi connectivity index (χ1v) is 11.8. The van der Waals surface area contributed by atoms with E-state index in [0.717, 1.165) is 15.3 Å². The fourth-order valence-corrected chi connectivity index (χ4v) is 4.62. The normalized spacial score (nSPS) is 14.5. The molecule has 170 valence electrons. The summed E-state index contributed by atoms with van der Waals surface area (Å²) in [6, 6.07) is 11.6. The molecule has 0 unspecified atom stereocenters. The van der Waals surface area contributed by atoms with E-state index < -0.39 is 0 Å². The Balaban J connectivity index is 1.49. The van der Waals surface area contributed by atoms with Crippen molar-refractivity contribution in [3.63, 3.8) is 0 Å². The summed E-state index contributed by atoms with van der Waals surface area (Å²) in [4.78, 5) is 42.0. The predicted octanol–water partition coefficient (Wildman–Crippen LogP) is 4.34. The fourth-order valence-electron chi connectivity index (χ4n) is 3.53. The molecule has 0 spiro atoms. The summed E-state index contributed by atoms with van der Waals surface area (Å²) in [7, 11) is 1.61. The maximum atomic E-state index is 12.6. The van der Waals surface area contributed by atoms with Gasteiger partial charge in [-0.3, -0.25) is 14.4 Å². The molecule has 2 amide bonds. The smallest absolute Gasteiger partial charge is 0.309 e. The Morgan fingerprint density at radius 1 is 1.22 bits per heavy atom. The molecule has 32 heavy (non-hydrogen) atoms. The number of hydrogen-bond donors (Lipinski definition) is 0. The number of ether oxygens (including phenoxy) is 1. The quantitative estimate of drug-likeness (QED) is 0.442. The van der Waals surface area contributed by atoms with Crippen molar-refractivity contribution in [1.29, 1.82) is 0 Å². The molecule has 1 aliphatic heterocycles. The number of nitrogens with zero attached hydrogens (tertiary/aromatic N) is 2. The Morgan fingerprint density at radius 2 is 1.97 bits per heavy atom. The zero-order valence-corrected chi connectivity index (χ0v) is 19.8. The van der Waals surface area contributed by atoms with Crippen molar-refractivity contribution < 1.29 is 19.1 Å². The van der Waals surface area contributed by atoms with Crippen molar-refractivity contribution in [2.45, 2.75) is 19.8 Å². The first-order chi connectivity index (χ1) is 15.4. The zero-order valence-electron chi connectivity index (χ0n) is 18.3. The molecule has 1 saturated heterocycles. The lowest BCUT2D eigenvalue weighted by Gasteiger charge is -2.32. The van der Waals surface area contributed by atoms with Gasteiger partial charge in [0.1, 0.15) is 0 Å². The van der Waals surface area contributed by atoms with Crippen molar-refractivity contribution in [2.75, 3.05) is 33.3 Å². The van der Waals surface area contributed by atoms with Gasteiger partial charge in [-0.2, -0.15) is 0 Å². The number of benzene rings is 1. The summed E-state index contributed by atoms with van der Waals surface area (Å²) in [5, 5.41) is 0.680. The van der Waals surface area contributed by atoms with Crippen LogP contribution in [0.15, 0.2) is 42.5 Å². The van der Waals surface area contributed by atoms with Gasteiger partial charge in [0, 0.05) is 41.0 Å². The van der Waals surface area contributed by atoms with Gasteiger partial charge in [0.2, 0.25) is 11.8 Å². The Kier molecular flexibility index (Phi) is 8.47. The molecule has 0 N–H and O–H groups in total. The van der Waals surface area contributed by atoms with Gasteiger partial charge >= 0.3 is 5.97 Å². The van der Waals surface area contributed by atoms with E-state index in [1.165, 1.54) is 11.0 Å². The van der Waals surface area contributed by atoms with Gasteiger partial charge in [0.15, 0.2) is 0 Å². The molecule has 0 atom stereocenters. The van der Waals surface area contributed by atoms with Gasteiger partial charge in [-0.15, -0.1) is 11.3 Å². The van der Waals surface area contributed by atoms with Crippen LogP contribution < -0.4 is 0 Å². The first-order valence-electron chi connectivity index (χ1n) is 10.6. The second-order valence-electron chi connectivity index (χ2n) is 7.65. The van der Waals surface area contributed by atoms with E-state index >= 15 is 0 Å². The third kappa shape index (κ3) is 6.43. The number of likely N-dealkylation sites (tertiary alicyclic amines) is 1. The Labute approximate surface area is 197 Å². The molecule has 1 aromatic carbocycles. The lowest BCUT2D eigenvalue weighted by molar-refractivity contribution is -0.151. The molecule has 0 bridgehead atoms. The highest BCUT2D eigenvalue weighted by Crippen LogP contribution is 2.30. The summed E-state index contributed by atoms with van der Waals surface area (Å²) in [6.07, 6.45) is 4.42. The number of likely N-dealkylation sites (N-methyl/N-ethyl adjacent to an activating group) is 1. The maximum Gasteiger partial charge on any atom is 0.309 e. The molecule has 8 heteroatoms. The third-order valence-corrected chi connectivity index (χ3v) is 6.68. The van der Waals surface area contributed by atoms with Crippen LogP contribution in [0.2, 0.25) is 5.02 Å². The largest absolute Gasteiger partial charge is 0.466 e. The summed E-state index contributed by atoms with van der Waals surface area (Å²) in [5.74, 6) is -0.693. The van der Waals surface area contributed by atoms with Gasteiger partial charge in [0.25, 0.3) is 0 Å². The minimum absolute atomic E-state index is 0.00541. The third-order valence-electron chi connectivity index (χ3n) is 5.34. The van der Waals surface area contributed by atoms with Crippen LogP contribution in [0, 0.1) is 5.92 Å². The van der Waals surface area contributed by atoms with Crippen molar-refractivity contribution >= 4 is 46.8 Å². The highest BCUT2D eigenvalue weighted by atomic mass is 35.5. The topological polar surface area (TPSA) is 66.9 Å². The number of amides is 2. The fraction of sp³-hybridized carbons (Fsp3) is 0.375. The molecule has 0 saturated carbocycles. The number of esters is 1. The van der Waals surface area contributed by atoms with E-state index in [2.05, 4.69) is 0 Å².